The van der Waals surface area contributed by atoms with Crippen molar-refractivity contribution in [3.05, 3.63) is 0 Å². The first-order valence-electron chi connectivity index (χ1n) is 43.9. The van der Waals surface area contributed by atoms with E-state index in [0.717, 1.165) is 108 Å². The van der Waals surface area contributed by atoms with Gasteiger partial charge in [0.1, 0.15) is 19.3 Å². The lowest BCUT2D eigenvalue weighted by atomic mass is 9.99. The summed E-state index contributed by atoms with van der Waals surface area (Å²) in [5.41, 5.74) is 0. The summed E-state index contributed by atoms with van der Waals surface area (Å²) in [4.78, 5) is 73.1. The van der Waals surface area contributed by atoms with Crippen LogP contribution in [0.5, 0.6) is 0 Å². The summed E-state index contributed by atoms with van der Waals surface area (Å²) in [5, 5.41) is 10.7. The molecule has 19 heteroatoms. The minimum Gasteiger partial charge on any atom is -0.462 e. The number of hydrogen-bond acceptors (Lipinski definition) is 15. The molecule has 0 heterocycles. The van der Waals surface area contributed by atoms with Gasteiger partial charge in [-0.2, -0.15) is 0 Å². The van der Waals surface area contributed by atoms with Crippen LogP contribution < -0.4 is 0 Å². The topological polar surface area (TPSA) is 237 Å². The van der Waals surface area contributed by atoms with Crippen molar-refractivity contribution in [3.63, 3.8) is 0 Å². The van der Waals surface area contributed by atoms with Gasteiger partial charge in [-0.05, 0) is 43.4 Å². The smallest absolute Gasteiger partial charge is 0.462 e. The second kappa shape index (κ2) is 75.1. The molecule has 0 spiro atoms. The van der Waals surface area contributed by atoms with E-state index in [2.05, 4.69) is 48.5 Å². The number of carbonyl (C=O) groups is 4. The lowest BCUT2D eigenvalue weighted by Crippen LogP contribution is -2.30. The zero-order valence-electron chi connectivity index (χ0n) is 68.5. The number of ether oxygens (including phenoxy) is 4. The van der Waals surface area contributed by atoms with Crippen molar-refractivity contribution in [3.8, 4) is 0 Å². The fraction of sp³-hybridized carbons (Fsp3) is 0.953. The van der Waals surface area contributed by atoms with Gasteiger partial charge in [0.05, 0.1) is 26.4 Å². The summed E-state index contributed by atoms with van der Waals surface area (Å²) >= 11 is 0. The molecule has 0 aromatic carbocycles. The van der Waals surface area contributed by atoms with Crippen LogP contribution in [0, 0.1) is 17.8 Å². The number of aliphatic hydroxyl groups is 1. The van der Waals surface area contributed by atoms with Gasteiger partial charge < -0.3 is 33.8 Å². The molecule has 17 nitrogen and oxygen atoms in total. The third kappa shape index (κ3) is 76.8. The fourth-order valence-electron chi connectivity index (χ4n) is 13.2. The lowest BCUT2D eigenvalue weighted by Gasteiger charge is -2.21. The molecule has 0 radical (unpaired) electrons. The van der Waals surface area contributed by atoms with Crippen molar-refractivity contribution in [2.24, 2.45) is 17.8 Å². The number of hydrogen-bond donors (Lipinski definition) is 3. The summed E-state index contributed by atoms with van der Waals surface area (Å²) in [5.74, 6) is 0.356. The maximum atomic E-state index is 13.1. The summed E-state index contributed by atoms with van der Waals surface area (Å²) < 4.78 is 68.8. The van der Waals surface area contributed by atoms with Gasteiger partial charge in [-0.25, -0.2) is 9.13 Å². The number of esters is 4. The van der Waals surface area contributed by atoms with Crippen molar-refractivity contribution < 1.29 is 80.2 Å². The highest BCUT2D eigenvalue weighted by molar-refractivity contribution is 7.47. The minimum absolute atomic E-state index is 0.108. The number of rotatable bonds is 83. The third-order valence-electron chi connectivity index (χ3n) is 20.2. The minimum atomic E-state index is -4.96. The lowest BCUT2D eigenvalue weighted by molar-refractivity contribution is -0.161. The molecule has 0 fully saturated rings. The van der Waals surface area contributed by atoms with E-state index >= 15 is 0 Å². The maximum Gasteiger partial charge on any atom is 0.472 e. The second-order valence-electron chi connectivity index (χ2n) is 31.8. The van der Waals surface area contributed by atoms with E-state index in [0.29, 0.717) is 25.7 Å². The van der Waals surface area contributed by atoms with E-state index < -0.39 is 97.5 Å². The molecule has 0 rings (SSSR count). The van der Waals surface area contributed by atoms with Crippen molar-refractivity contribution in [2.45, 2.75) is 465 Å². The first-order chi connectivity index (χ1) is 50.3. The van der Waals surface area contributed by atoms with E-state index in [4.69, 9.17) is 37.0 Å². The molecule has 0 bridgehead atoms. The average Bonchev–Trinajstić information content (AvgIpc) is 0.904. The summed E-state index contributed by atoms with van der Waals surface area (Å²) in [6.45, 7) is 12.1. The molecule has 0 aliphatic heterocycles. The molecule has 6 atom stereocenters. The Morgan fingerprint density at radius 1 is 0.279 bits per heavy atom. The van der Waals surface area contributed by atoms with Gasteiger partial charge in [-0.3, -0.25) is 37.3 Å². The molecule has 0 aliphatic rings. The molecule has 618 valence electrons. The highest BCUT2D eigenvalue weighted by Crippen LogP contribution is 2.45. The van der Waals surface area contributed by atoms with Crippen molar-refractivity contribution in [1.82, 2.24) is 0 Å². The molecule has 0 aromatic rings. The Hall–Kier alpha value is -1.94. The Bertz CT molecular complexity index is 2010. The Morgan fingerprint density at radius 2 is 0.490 bits per heavy atom. The van der Waals surface area contributed by atoms with Crippen LogP contribution in [0.4, 0.5) is 0 Å². The van der Waals surface area contributed by atoms with E-state index in [-0.39, 0.29) is 25.7 Å². The van der Waals surface area contributed by atoms with E-state index in [1.54, 1.807) is 0 Å². The fourth-order valence-corrected chi connectivity index (χ4v) is 14.7. The maximum absolute atomic E-state index is 13.1. The monoisotopic (exact) mass is 1520 g/mol. The molecular formula is C85H166O17P2. The molecule has 0 amide bonds. The van der Waals surface area contributed by atoms with Gasteiger partial charge in [0.25, 0.3) is 0 Å². The number of phosphoric ester groups is 2. The van der Waals surface area contributed by atoms with Crippen molar-refractivity contribution >= 4 is 39.5 Å². The van der Waals surface area contributed by atoms with Gasteiger partial charge in [-0.15, -0.1) is 0 Å². The van der Waals surface area contributed by atoms with Crippen LogP contribution in [0.25, 0.3) is 0 Å². The van der Waals surface area contributed by atoms with Gasteiger partial charge in [-0.1, -0.05) is 395 Å². The third-order valence-corrected chi connectivity index (χ3v) is 22.1. The molecular weight excluding hydrogens is 1350 g/mol. The highest BCUT2D eigenvalue weighted by Gasteiger charge is 2.30. The zero-order valence-corrected chi connectivity index (χ0v) is 70.3. The largest absolute Gasteiger partial charge is 0.472 e. The standard InChI is InChI=1S/C85H166O17P2/c1-8-10-11-12-13-35-45-52-59-66-82(87)95-72-80(101-84(89)69-62-55-48-41-34-28-22-21-25-31-38-44-51-58-65-78(7)9-2)74-99-103(91,92)97-70-79(86)71-98-104(93,94)100-75-81(73-96-83(88)67-60-53-46-39-32-26-20-16-18-24-30-37-43-50-57-64-77(5)6)102-85(90)68-61-54-47-40-33-27-19-15-14-17-23-29-36-42-49-56-63-76(3)4/h76-81,86H,8-75H2,1-7H3,(H,91,92)(H,93,94)/t78?,79-,80+,81+/m0/s1. The molecule has 0 saturated heterocycles. The molecule has 0 aromatic heterocycles. The Balaban J connectivity index is 5.22. The second-order valence-corrected chi connectivity index (χ2v) is 34.7. The van der Waals surface area contributed by atoms with Crippen molar-refractivity contribution in [1.29, 1.82) is 0 Å². The van der Waals surface area contributed by atoms with Gasteiger partial charge >= 0.3 is 39.5 Å². The molecule has 3 unspecified atom stereocenters. The van der Waals surface area contributed by atoms with Crippen molar-refractivity contribution in [2.75, 3.05) is 39.6 Å². The molecule has 104 heavy (non-hydrogen) atoms. The molecule has 0 aliphatic carbocycles. The summed E-state index contributed by atoms with van der Waals surface area (Å²) in [7, 11) is -9.93. The Morgan fingerprint density at radius 3 is 0.731 bits per heavy atom. The van der Waals surface area contributed by atoms with Gasteiger partial charge in [0.2, 0.25) is 0 Å². The van der Waals surface area contributed by atoms with Crippen LogP contribution in [0.15, 0.2) is 0 Å². The predicted molar refractivity (Wildman–Crippen MR) is 428 cm³/mol. The SMILES string of the molecule is CCCCCCCCCCCC(=O)OC[C@H](COP(=O)(O)OC[C@H](O)COP(=O)(O)OC[C@@H](COC(=O)CCCCCCCCCCCCCCCCCC(C)C)OC(=O)CCCCCCCCCCCCCCCCCCC(C)C)OC(=O)CCCCCCCCCCCCCCCCC(C)CC. The van der Waals surface area contributed by atoms with Crippen LogP contribution >= 0.6 is 15.6 Å². The average molecular weight is 1520 g/mol. The van der Waals surface area contributed by atoms with Crippen LogP contribution in [0.1, 0.15) is 447 Å². The summed E-state index contributed by atoms with van der Waals surface area (Å²) in [6, 6.07) is 0. The van der Waals surface area contributed by atoms with Crippen LogP contribution in [0.3, 0.4) is 0 Å². The van der Waals surface area contributed by atoms with E-state index in [1.165, 1.54) is 257 Å². The summed E-state index contributed by atoms with van der Waals surface area (Å²) in [6.07, 6.45) is 65.1. The normalized spacial score (nSPS) is 14.2. The number of carbonyl (C=O) groups excluding carboxylic acids is 4. The first kappa shape index (κ1) is 102. The zero-order chi connectivity index (χ0) is 76.5. The predicted octanol–water partition coefficient (Wildman–Crippen LogP) is 25.7. The molecule has 0 saturated carbocycles. The first-order valence-corrected chi connectivity index (χ1v) is 46.9. The van der Waals surface area contributed by atoms with E-state index in [9.17, 15) is 43.2 Å². The number of aliphatic hydroxyl groups excluding tert-OH is 1. The van der Waals surface area contributed by atoms with E-state index in [1.807, 2.05) is 0 Å². The van der Waals surface area contributed by atoms with Crippen LogP contribution in [-0.4, -0.2) is 96.7 Å². The quantitative estimate of drug-likeness (QED) is 0.0222. The molecule has 3 N–H and O–H groups in total. The van der Waals surface area contributed by atoms with Crippen LogP contribution in [0.2, 0.25) is 0 Å². The van der Waals surface area contributed by atoms with Gasteiger partial charge in [0, 0.05) is 25.7 Å². The Kier molecular flexibility index (Phi) is 73.7. The van der Waals surface area contributed by atoms with Gasteiger partial charge in [0.15, 0.2) is 12.2 Å². The Labute approximate surface area is 638 Å². The highest BCUT2D eigenvalue weighted by atomic mass is 31.2. The number of phosphoric acid groups is 2. The number of unbranched alkanes of at least 4 members (excludes halogenated alkanes) is 50. The van der Waals surface area contributed by atoms with Crippen LogP contribution in [-0.2, 0) is 65.4 Å².